The number of unbranched alkanes of at least 4 members (excludes halogenated alkanes) is 1. The lowest BCUT2D eigenvalue weighted by atomic mass is 9.91. The molecule has 4 atom stereocenters. The van der Waals surface area contributed by atoms with Crippen LogP contribution in [-0.2, 0) is 9.47 Å². The molecular weight excluding hydrogens is 250 g/mol. The fourth-order valence-electron chi connectivity index (χ4n) is 2.20. The molecule has 0 N–H and O–H groups in total. The van der Waals surface area contributed by atoms with E-state index in [1.54, 1.807) is 0 Å². The van der Waals surface area contributed by atoms with Gasteiger partial charge in [-0.25, -0.2) is 8.78 Å². The van der Waals surface area contributed by atoms with E-state index in [9.17, 15) is 8.78 Å². The standard InChI is InChI=1S/C15H26F2O2/c1-3-5-7-11-19-13-9-8-12(14(16)15(13)17)18-10-6-4-2/h5,7,12-15H,3-4,6,8-11H2,1-2H3/b7-5-. The van der Waals surface area contributed by atoms with Gasteiger partial charge in [-0.05, 0) is 25.7 Å². The second-order valence-corrected chi connectivity index (χ2v) is 4.98. The maximum Gasteiger partial charge on any atom is 0.160 e. The van der Waals surface area contributed by atoms with Crippen molar-refractivity contribution in [3.05, 3.63) is 12.2 Å². The Morgan fingerprint density at radius 2 is 1.63 bits per heavy atom. The fourth-order valence-corrected chi connectivity index (χ4v) is 2.20. The lowest BCUT2D eigenvalue weighted by Crippen LogP contribution is -2.46. The Bertz CT molecular complexity index is 259. The summed E-state index contributed by atoms with van der Waals surface area (Å²) in [4.78, 5) is 0. The number of ether oxygens (including phenoxy) is 2. The topological polar surface area (TPSA) is 18.5 Å². The largest absolute Gasteiger partial charge is 0.375 e. The molecule has 1 fully saturated rings. The Morgan fingerprint density at radius 1 is 1.00 bits per heavy atom. The van der Waals surface area contributed by atoms with Crippen LogP contribution in [0.5, 0.6) is 0 Å². The Morgan fingerprint density at radius 3 is 2.21 bits per heavy atom. The molecule has 112 valence electrons. The van der Waals surface area contributed by atoms with Gasteiger partial charge in [-0.3, -0.25) is 0 Å². The molecule has 19 heavy (non-hydrogen) atoms. The average Bonchev–Trinajstić information content (AvgIpc) is 2.42. The van der Waals surface area contributed by atoms with Crippen LogP contribution in [0.25, 0.3) is 0 Å². The van der Waals surface area contributed by atoms with E-state index in [2.05, 4.69) is 0 Å². The Kier molecular flexibility index (Phi) is 8.22. The van der Waals surface area contributed by atoms with E-state index in [0.29, 0.717) is 26.1 Å². The quantitative estimate of drug-likeness (QED) is 0.493. The molecule has 1 saturated carbocycles. The number of halogens is 2. The molecule has 4 heteroatoms. The molecule has 1 rings (SSSR count). The van der Waals surface area contributed by atoms with Crippen molar-refractivity contribution >= 4 is 0 Å². The lowest BCUT2D eigenvalue weighted by Gasteiger charge is -2.34. The molecule has 0 spiro atoms. The molecule has 2 nitrogen and oxygen atoms in total. The number of alkyl halides is 2. The van der Waals surface area contributed by atoms with Crippen molar-refractivity contribution in [2.24, 2.45) is 0 Å². The summed E-state index contributed by atoms with van der Waals surface area (Å²) in [6, 6.07) is 0. The lowest BCUT2D eigenvalue weighted by molar-refractivity contribution is -0.113. The summed E-state index contributed by atoms with van der Waals surface area (Å²) < 4.78 is 38.6. The van der Waals surface area contributed by atoms with E-state index < -0.39 is 24.6 Å². The van der Waals surface area contributed by atoms with E-state index in [-0.39, 0.29) is 0 Å². The first-order valence-electron chi connectivity index (χ1n) is 7.37. The van der Waals surface area contributed by atoms with Crippen LogP contribution in [0.1, 0.15) is 46.0 Å². The smallest absolute Gasteiger partial charge is 0.160 e. The third-order valence-corrected chi connectivity index (χ3v) is 3.39. The second-order valence-electron chi connectivity index (χ2n) is 4.98. The van der Waals surface area contributed by atoms with E-state index in [4.69, 9.17) is 9.47 Å². The molecule has 0 radical (unpaired) electrons. The van der Waals surface area contributed by atoms with Crippen molar-refractivity contribution in [1.29, 1.82) is 0 Å². The van der Waals surface area contributed by atoms with E-state index >= 15 is 0 Å². The van der Waals surface area contributed by atoms with Crippen molar-refractivity contribution in [2.45, 2.75) is 70.5 Å². The number of allylic oxidation sites excluding steroid dienone is 1. The molecule has 0 aromatic rings. The van der Waals surface area contributed by atoms with Crippen molar-refractivity contribution in [3.8, 4) is 0 Å². The number of hydrogen-bond acceptors (Lipinski definition) is 2. The van der Waals surface area contributed by atoms with Crippen LogP contribution in [0.4, 0.5) is 8.78 Å². The average molecular weight is 276 g/mol. The molecule has 0 bridgehead atoms. The van der Waals surface area contributed by atoms with Gasteiger partial charge in [-0.15, -0.1) is 0 Å². The van der Waals surface area contributed by atoms with Gasteiger partial charge in [-0.1, -0.05) is 32.4 Å². The SMILES string of the molecule is CC/C=C\COC1CCC(OCCCC)C(F)C1F. The van der Waals surface area contributed by atoms with Crippen molar-refractivity contribution < 1.29 is 18.3 Å². The molecular formula is C15H26F2O2. The summed E-state index contributed by atoms with van der Waals surface area (Å²) >= 11 is 0. The first-order valence-corrected chi connectivity index (χ1v) is 7.37. The molecule has 0 aromatic heterocycles. The van der Waals surface area contributed by atoms with Gasteiger partial charge in [0.25, 0.3) is 0 Å². The molecule has 0 aliphatic heterocycles. The Labute approximate surface area is 115 Å². The summed E-state index contributed by atoms with van der Waals surface area (Å²) in [5.74, 6) is 0. The first kappa shape index (κ1) is 16.6. The van der Waals surface area contributed by atoms with Gasteiger partial charge in [0.1, 0.15) is 0 Å². The maximum atomic E-state index is 13.9. The highest BCUT2D eigenvalue weighted by Crippen LogP contribution is 2.29. The third kappa shape index (κ3) is 5.57. The zero-order chi connectivity index (χ0) is 14.1. The summed E-state index contributed by atoms with van der Waals surface area (Å²) in [6.45, 7) is 4.93. The summed E-state index contributed by atoms with van der Waals surface area (Å²) in [6.07, 6.45) is 3.30. The number of hydrogen-bond donors (Lipinski definition) is 0. The van der Waals surface area contributed by atoms with Crippen molar-refractivity contribution in [2.75, 3.05) is 13.2 Å². The predicted octanol–water partition coefficient (Wildman–Crippen LogP) is 3.99. The van der Waals surface area contributed by atoms with Gasteiger partial charge >= 0.3 is 0 Å². The predicted molar refractivity (Wildman–Crippen MR) is 72.8 cm³/mol. The monoisotopic (exact) mass is 276 g/mol. The first-order chi connectivity index (χ1) is 9.20. The van der Waals surface area contributed by atoms with E-state index in [1.807, 2.05) is 26.0 Å². The minimum atomic E-state index is -1.57. The van der Waals surface area contributed by atoms with E-state index in [1.165, 1.54) is 0 Å². The van der Waals surface area contributed by atoms with Gasteiger partial charge < -0.3 is 9.47 Å². The highest BCUT2D eigenvalue weighted by molar-refractivity contribution is 4.91. The molecule has 1 aliphatic rings. The van der Waals surface area contributed by atoms with Gasteiger partial charge in [0, 0.05) is 6.61 Å². The van der Waals surface area contributed by atoms with Gasteiger partial charge in [0.05, 0.1) is 18.8 Å². The summed E-state index contributed by atoms with van der Waals surface area (Å²) in [5.41, 5.74) is 0. The van der Waals surface area contributed by atoms with Crippen LogP contribution in [0.2, 0.25) is 0 Å². The zero-order valence-electron chi connectivity index (χ0n) is 12.0. The van der Waals surface area contributed by atoms with Gasteiger partial charge in [0.15, 0.2) is 12.3 Å². The van der Waals surface area contributed by atoms with Gasteiger partial charge in [0.2, 0.25) is 0 Å². The summed E-state index contributed by atoms with van der Waals surface area (Å²) in [5, 5.41) is 0. The van der Waals surface area contributed by atoms with Crippen molar-refractivity contribution in [3.63, 3.8) is 0 Å². The molecule has 0 heterocycles. The molecule has 0 amide bonds. The zero-order valence-corrected chi connectivity index (χ0v) is 12.0. The second kappa shape index (κ2) is 9.43. The molecule has 1 aliphatic carbocycles. The molecule has 0 aromatic carbocycles. The summed E-state index contributed by atoms with van der Waals surface area (Å²) in [7, 11) is 0. The highest BCUT2D eigenvalue weighted by Gasteiger charge is 2.41. The van der Waals surface area contributed by atoms with Crippen LogP contribution >= 0.6 is 0 Å². The minimum Gasteiger partial charge on any atom is -0.375 e. The van der Waals surface area contributed by atoms with Crippen LogP contribution in [0.15, 0.2) is 12.2 Å². The van der Waals surface area contributed by atoms with E-state index in [0.717, 1.165) is 19.3 Å². The fraction of sp³-hybridized carbons (Fsp3) is 0.867. The minimum absolute atomic E-state index is 0.354. The Balaban J connectivity index is 2.32. The maximum absolute atomic E-state index is 13.9. The van der Waals surface area contributed by atoms with Crippen molar-refractivity contribution in [1.82, 2.24) is 0 Å². The third-order valence-electron chi connectivity index (χ3n) is 3.39. The van der Waals surface area contributed by atoms with Crippen LogP contribution in [-0.4, -0.2) is 37.8 Å². The van der Waals surface area contributed by atoms with Crippen LogP contribution in [0.3, 0.4) is 0 Å². The van der Waals surface area contributed by atoms with Crippen LogP contribution in [0, 0.1) is 0 Å². The van der Waals surface area contributed by atoms with Gasteiger partial charge in [-0.2, -0.15) is 0 Å². The highest BCUT2D eigenvalue weighted by atomic mass is 19.2. The number of rotatable bonds is 8. The molecule has 4 unspecified atom stereocenters. The Hall–Kier alpha value is -0.480. The van der Waals surface area contributed by atoms with Crippen LogP contribution < -0.4 is 0 Å². The normalized spacial score (nSPS) is 32.0. The molecule has 0 saturated heterocycles.